The molecule has 0 spiro atoms. The van der Waals surface area contributed by atoms with Crippen LogP contribution in [0, 0.1) is 0 Å². The summed E-state index contributed by atoms with van der Waals surface area (Å²) in [6.45, 7) is 2.83. The Kier molecular flexibility index (Phi) is 3.90. The molecule has 1 amide bonds. The predicted molar refractivity (Wildman–Crippen MR) is 96.0 cm³/mol. The van der Waals surface area contributed by atoms with Crippen LogP contribution < -0.4 is 0 Å². The summed E-state index contributed by atoms with van der Waals surface area (Å²) in [6.07, 6.45) is 4.31. The molecule has 0 N–H and O–H groups in total. The number of rotatable bonds is 2. The van der Waals surface area contributed by atoms with Gasteiger partial charge in [0.15, 0.2) is 0 Å². The molecule has 3 aromatic rings. The number of fused-ring (bicyclic) bond motifs is 1. The normalized spacial score (nSPS) is 16.9. The highest BCUT2D eigenvalue weighted by Gasteiger charge is 2.29. The first kappa shape index (κ1) is 15.4. The third kappa shape index (κ3) is 2.64. The maximum Gasteiger partial charge on any atom is 0.257 e. The number of aromatic nitrogens is 2. The summed E-state index contributed by atoms with van der Waals surface area (Å²) in [7, 11) is 0. The Morgan fingerprint density at radius 1 is 1.38 bits per heavy atom. The van der Waals surface area contributed by atoms with Gasteiger partial charge in [0.1, 0.15) is 0 Å². The molecule has 4 rings (SSSR count). The minimum absolute atomic E-state index is 0.0210. The average Bonchev–Trinajstić information content (AvgIpc) is 3.24. The zero-order valence-electron chi connectivity index (χ0n) is 13.1. The zero-order valence-corrected chi connectivity index (χ0v) is 14.7. The Hall–Kier alpha value is -2.11. The standard InChI is InChI=1S/C18H16ClN3OS/c1-12-16-6-8-24-17(16)5-7-21(12)18(23)13-10-20-22(11-13)15-4-2-3-14(19)9-15/h2-4,6,8-12H,5,7H2,1H3. The van der Waals surface area contributed by atoms with Gasteiger partial charge in [-0.25, -0.2) is 4.68 Å². The van der Waals surface area contributed by atoms with E-state index in [2.05, 4.69) is 23.5 Å². The molecule has 0 bridgehead atoms. The fraction of sp³-hybridized carbons (Fsp3) is 0.222. The van der Waals surface area contributed by atoms with Crippen LogP contribution in [0.2, 0.25) is 5.02 Å². The maximum absolute atomic E-state index is 12.9. The molecule has 1 aliphatic heterocycles. The van der Waals surface area contributed by atoms with Crippen molar-refractivity contribution >= 4 is 28.8 Å². The summed E-state index contributed by atoms with van der Waals surface area (Å²) in [5, 5.41) is 7.06. The van der Waals surface area contributed by atoms with E-state index in [0.717, 1.165) is 18.7 Å². The van der Waals surface area contributed by atoms with E-state index in [9.17, 15) is 4.79 Å². The first-order valence-electron chi connectivity index (χ1n) is 7.81. The van der Waals surface area contributed by atoms with Crippen molar-refractivity contribution in [2.75, 3.05) is 6.54 Å². The smallest absolute Gasteiger partial charge is 0.257 e. The summed E-state index contributed by atoms with van der Waals surface area (Å²) in [4.78, 5) is 16.2. The number of amides is 1. The number of hydrogen-bond acceptors (Lipinski definition) is 3. The molecule has 1 unspecified atom stereocenters. The number of carbonyl (C=O) groups excluding carboxylic acids is 1. The van der Waals surface area contributed by atoms with E-state index in [1.807, 2.05) is 29.2 Å². The number of nitrogens with zero attached hydrogens (tertiary/aromatic N) is 3. The number of benzene rings is 1. The van der Waals surface area contributed by atoms with Crippen LogP contribution in [-0.4, -0.2) is 27.1 Å². The van der Waals surface area contributed by atoms with E-state index in [4.69, 9.17) is 11.6 Å². The van der Waals surface area contributed by atoms with Crippen molar-refractivity contribution in [3.63, 3.8) is 0 Å². The molecule has 4 nitrogen and oxygen atoms in total. The molecule has 0 saturated heterocycles. The van der Waals surface area contributed by atoms with E-state index in [1.165, 1.54) is 10.4 Å². The Morgan fingerprint density at radius 2 is 2.25 bits per heavy atom. The second kappa shape index (κ2) is 6.07. The van der Waals surface area contributed by atoms with Crippen LogP contribution in [0.1, 0.15) is 33.8 Å². The predicted octanol–water partition coefficient (Wildman–Crippen LogP) is 4.35. The van der Waals surface area contributed by atoms with E-state index in [-0.39, 0.29) is 11.9 Å². The quantitative estimate of drug-likeness (QED) is 0.684. The van der Waals surface area contributed by atoms with Crippen LogP contribution in [0.25, 0.3) is 5.69 Å². The third-order valence-corrected chi connectivity index (χ3v) is 5.67. The van der Waals surface area contributed by atoms with Gasteiger partial charge in [-0.2, -0.15) is 5.10 Å². The molecule has 0 aliphatic carbocycles. The van der Waals surface area contributed by atoms with Crippen molar-refractivity contribution in [2.24, 2.45) is 0 Å². The molecule has 0 fully saturated rings. The van der Waals surface area contributed by atoms with Crippen molar-refractivity contribution in [1.82, 2.24) is 14.7 Å². The Morgan fingerprint density at radius 3 is 3.08 bits per heavy atom. The van der Waals surface area contributed by atoms with Gasteiger partial charge >= 0.3 is 0 Å². The highest BCUT2D eigenvalue weighted by atomic mass is 35.5. The molecule has 122 valence electrons. The first-order chi connectivity index (χ1) is 11.6. The van der Waals surface area contributed by atoms with Crippen LogP contribution in [-0.2, 0) is 6.42 Å². The van der Waals surface area contributed by atoms with Gasteiger partial charge in [-0.05, 0) is 48.6 Å². The van der Waals surface area contributed by atoms with Gasteiger partial charge in [0.05, 0.1) is 23.5 Å². The second-order valence-corrected chi connectivity index (χ2v) is 7.31. The highest BCUT2D eigenvalue weighted by Crippen LogP contribution is 2.33. The number of hydrogen-bond donors (Lipinski definition) is 0. The average molecular weight is 358 g/mol. The molecular formula is C18H16ClN3OS. The molecule has 6 heteroatoms. The Labute approximate surface area is 149 Å². The highest BCUT2D eigenvalue weighted by molar-refractivity contribution is 7.10. The van der Waals surface area contributed by atoms with E-state index >= 15 is 0 Å². The largest absolute Gasteiger partial charge is 0.331 e. The topological polar surface area (TPSA) is 38.1 Å². The fourth-order valence-corrected chi connectivity index (χ4v) is 4.29. The monoisotopic (exact) mass is 357 g/mol. The molecule has 2 aromatic heterocycles. The summed E-state index contributed by atoms with van der Waals surface area (Å²) in [5.41, 5.74) is 2.70. The van der Waals surface area contributed by atoms with Crippen molar-refractivity contribution in [2.45, 2.75) is 19.4 Å². The summed E-state index contributed by atoms with van der Waals surface area (Å²) in [6, 6.07) is 9.64. The summed E-state index contributed by atoms with van der Waals surface area (Å²) >= 11 is 7.80. The second-order valence-electron chi connectivity index (χ2n) is 5.88. The van der Waals surface area contributed by atoms with Crippen LogP contribution in [0.4, 0.5) is 0 Å². The van der Waals surface area contributed by atoms with Gasteiger partial charge in [-0.15, -0.1) is 11.3 Å². The molecule has 24 heavy (non-hydrogen) atoms. The van der Waals surface area contributed by atoms with Crippen LogP contribution in [0.3, 0.4) is 0 Å². The number of thiophene rings is 1. The van der Waals surface area contributed by atoms with Crippen molar-refractivity contribution in [3.05, 3.63) is 69.1 Å². The molecule has 0 saturated carbocycles. The minimum Gasteiger partial charge on any atom is -0.331 e. The lowest BCUT2D eigenvalue weighted by molar-refractivity contribution is 0.0679. The van der Waals surface area contributed by atoms with Crippen molar-refractivity contribution in [1.29, 1.82) is 0 Å². The Bertz CT molecular complexity index is 901. The SMILES string of the molecule is CC1c2ccsc2CCN1C(=O)c1cnn(-c2cccc(Cl)c2)c1. The van der Waals surface area contributed by atoms with E-state index in [1.54, 1.807) is 28.4 Å². The Balaban J connectivity index is 1.60. The van der Waals surface area contributed by atoms with Crippen LogP contribution >= 0.6 is 22.9 Å². The van der Waals surface area contributed by atoms with Crippen LogP contribution in [0.15, 0.2) is 48.1 Å². The van der Waals surface area contributed by atoms with Gasteiger partial charge in [-0.3, -0.25) is 4.79 Å². The van der Waals surface area contributed by atoms with Gasteiger partial charge < -0.3 is 4.90 Å². The lowest BCUT2D eigenvalue weighted by atomic mass is 10.0. The van der Waals surface area contributed by atoms with Crippen molar-refractivity contribution < 1.29 is 4.79 Å². The minimum atomic E-state index is 0.0210. The lowest BCUT2D eigenvalue weighted by Gasteiger charge is -2.33. The maximum atomic E-state index is 12.9. The molecule has 0 radical (unpaired) electrons. The van der Waals surface area contributed by atoms with Crippen LogP contribution in [0.5, 0.6) is 0 Å². The fourth-order valence-electron chi connectivity index (χ4n) is 3.15. The van der Waals surface area contributed by atoms with Gasteiger partial charge in [0, 0.05) is 22.6 Å². The summed E-state index contributed by atoms with van der Waals surface area (Å²) in [5.74, 6) is 0.0210. The molecule has 3 heterocycles. The third-order valence-electron chi connectivity index (χ3n) is 4.44. The van der Waals surface area contributed by atoms with E-state index in [0.29, 0.717) is 10.6 Å². The van der Waals surface area contributed by atoms with Gasteiger partial charge in [-0.1, -0.05) is 17.7 Å². The molecule has 1 atom stereocenters. The van der Waals surface area contributed by atoms with E-state index < -0.39 is 0 Å². The van der Waals surface area contributed by atoms with Crippen molar-refractivity contribution in [3.8, 4) is 5.69 Å². The van der Waals surface area contributed by atoms with Gasteiger partial charge in [0.25, 0.3) is 5.91 Å². The molecule has 1 aliphatic rings. The molecular weight excluding hydrogens is 342 g/mol. The number of carbonyl (C=O) groups is 1. The first-order valence-corrected chi connectivity index (χ1v) is 9.07. The van der Waals surface area contributed by atoms with Gasteiger partial charge in [0.2, 0.25) is 0 Å². The molecule has 1 aromatic carbocycles. The summed E-state index contributed by atoms with van der Waals surface area (Å²) < 4.78 is 1.68. The zero-order chi connectivity index (χ0) is 16.7. The number of halogens is 1. The lowest BCUT2D eigenvalue weighted by Crippen LogP contribution is -2.38.